The Morgan fingerprint density at radius 3 is 2.34 bits per heavy atom. The summed E-state index contributed by atoms with van der Waals surface area (Å²) in [6.45, 7) is 0. The van der Waals surface area contributed by atoms with Gasteiger partial charge in [-0.3, -0.25) is 10.1 Å². The molecule has 0 saturated carbocycles. The number of hydrogen-bond donors (Lipinski definition) is 5. The molecule has 5 N–H and O–H groups in total. The maximum absolute atomic E-state index is 13.7. The number of likely N-dealkylation sites (N-methyl/N-ethyl adjacent to an activating group) is 1. The summed E-state index contributed by atoms with van der Waals surface area (Å²) in [5, 5.41) is 26.9. The zero-order valence-electron chi connectivity index (χ0n) is 16.2. The normalized spacial score (nSPS) is 14.5. The van der Waals surface area contributed by atoms with Gasteiger partial charge in [-0.25, -0.2) is 14.2 Å². The number of thiazole rings is 1. The molecule has 0 fully saturated rings. The summed E-state index contributed by atoms with van der Waals surface area (Å²) in [7, 11) is 1.02. The summed E-state index contributed by atoms with van der Waals surface area (Å²) >= 11 is 0.802. The Morgan fingerprint density at radius 1 is 1.09 bits per heavy atom. The quantitative estimate of drug-likeness (QED) is 0.366. The molecule has 0 aliphatic carbocycles. The number of carbonyl (C=O) groups excluding carboxylic acids is 2. The van der Waals surface area contributed by atoms with Crippen molar-refractivity contribution in [2.24, 2.45) is 0 Å². The molecule has 2 aromatic carbocycles. The number of aromatic nitrogens is 1. The zero-order chi connectivity index (χ0) is 23.7. The number of aliphatic hydroxyl groups excluding tert-OH is 1. The predicted octanol–water partition coefficient (Wildman–Crippen LogP) is 2.94. The van der Waals surface area contributed by atoms with E-state index < -0.39 is 41.2 Å². The number of rotatable bonds is 5. The Balaban J connectivity index is 1.88. The lowest BCUT2D eigenvalue weighted by Gasteiger charge is -2.34. The number of hydrogen-bond acceptors (Lipinski definition) is 6. The van der Waals surface area contributed by atoms with E-state index in [2.05, 4.69) is 15.6 Å². The van der Waals surface area contributed by atoms with Gasteiger partial charge in [-0.05, 0) is 42.0 Å². The number of nitrogens with zero attached hydrogens (tertiary/aromatic N) is 1. The Labute approximate surface area is 181 Å². The molecule has 32 heavy (non-hydrogen) atoms. The number of anilines is 2. The number of fused-ring (bicyclic) bond motifs is 1. The average Bonchev–Trinajstić information content (AvgIpc) is 3.13. The van der Waals surface area contributed by atoms with Gasteiger partial charge in [-0.15, -0.1) is 0 Å². The molecule has 3 aromatic rings. The van der Waals surface area contributed by atoms with E-state index in [1.54, 1.807) is 0 Å². The first kappa shape index (κ1) is 23.4. The Bertz CT molecular complexity index is 1150. The summed E-state index contributed by atoms with van der Waals surface area (Å²) in [5.41, 5.74) is -4.15. The summed E-state index contributed by atoms with van der Waals surface area (Å²) < 4.78 is 54.0. The van der Waals surface area contributed by atoms with Crippen molar-refractivity contribution < 1.29 is 37.4 Å². The summed E-state index contributed by atoms with van der Waals surface area (Å²) in [6, 6.07) is 7.17. The molecule has 170 valence electrons. The molecule has 0 aliphatic rings. The van der Waals surface area contributed by atoms with E-state index in [-0.39, 0.29) is 15.3 Å². The molecule has 0 spiro atoms. The van der Waals surface area contributed by atoms with Gasteiger partial charge < -0.3 is 20.8 Å². The van der Waals surface area contributed by atoms with Gasteiger partial charge in [0, 0.05) is 12.7 Å². The molecule has 2 atom stereocenters. The number of urea groups is 1. The molecular formula is C19H16F4N4O4S. The number of amides is 3. The van der Waals surface area contributed by atoms with Crippen molar-refractivity contribution in [1.82, 2.24) is 10.3 Å². The molecule has 13 heteroatoms. The highest BCUT2D eigenvalue weighted by Gasteiger charge is 2.61. The fourth-order valence-electron chi connectivity index (χ4n) is 2.81. The maximum atomic E-state index is 13.7. The van der Waals surface area contributed by atoms with Gasteiger partial charge in [0.25, 0.3) is 5.91 Å². The lowest BCUT2D eigenvalue weighted by molar-refractivity contribution is -0.293. The third kappa shape index (κ3) is 4.49. The largest absolute Gasteiger partial charge is 0.424 e. The van der Waals surface area contributed by atoms with Crippen LogP contribution in [-0.4, -0.2) is 46.5 Å². The van der Waals surface area contributed by atoms with Crippen LogP contribution in [0.2, 0.25) is 0 Å². The van der Waals surface area contributed by atoms with E-state index in [1.165, 1.54) is 12.1 Å². The highest BCUT2D eigenvalue weighted by molar-refractivity contribution is 7.22. The van der Waals surface area contributed by atoms with Gasteiger partial charge in [-0.1, -0.05) is 17.4 Å². The van der Waals surface area contributed by atoms with Crippen LogP contribution in [0.4, 0.5) is 33.2 Å². The standard InChI is InChI=1S/C19H16F4N4O4S/c1-24-15(29)14(28)18(31,19(21,22)23)9-2-7-12-13(8-9)32-17(26-12)27-16(30)25-11-5-3-10(20)4-6-11/h2-8,14,28,31H,1H3,(H,24,29)(H2,25,26,27,30)/t14?,18-/m0/s1. The van der Waals surface area contributed by atoms with E-state index in [9.17, 15) is 37.4 Å². The molecule has 8 nitrogen and oxygen atoms in total. The van der Waals surface area contributed by atoms with Crippen molar-refractivity contribution in [2.45, 2.75) is 17.9 Å². The van der Waals surface area contributed by atoms with E-state index in [0.29, 0.717) is 5.69 Å². The number of halogens is 4. The zero-order valence-corrected chi connectivity index (χ0v) is 17.0. The Kier molecular flexibility index (Phi) is 6.34. The SMILES string of the molecule is CNC(=O)C(O)[C@@](O)(c1ccc2nc(NC(=O)Nc3ccc(F)cc3)sc2c1)C(F)(F)F. The maximum Gasteiger partial charge on any atom is 0.424 e. The topological polar surface area (TPSA) is 124 Å². The minimum Gasteiger partial charge on any atom is -0.380 e. The van der Waals surface area contributed by atoms with Crippen molar-refractivity contribution in [3.63, 3.8) is 0 Å². The van der Waals surface area contributed by atoms with E-state index >= 15 is 0 Å². The van der Waals surface area contributed by atoms with Crippen molar-refractivity contribution in [1.29, 1.82) is 0 Å². The molecular weight excluding hydrogens is 456 g/mol. The first-order valence-electron chi connectivity index (χ1n) is 8.89. The smallest absolute Gasteiger partial charge is 0.380 e. The molecule has 0 saturated heterocycles. The number of benzene rings is 2. The summed E-state index contributed by atoms with van der Waals surface area (Å²) in [5.74, 6) is -1.91. The van der Waals surface area contributed by atoms with Crippen LogP contribution in [0.5, 0.6) is 0 Å². The molecule has 1 unspecified atom stereocenters. The van der Waals surface area contributed by atoms with Crippen LogP contribution >= 0.6 is 11.3 Å². The van der Waals surface area contributed by atoms with Crippen LogP contribution in [0.1, 0.15) is 5.56 Å². The molecule has 1 heterocycles. The average molecular weight is 472 g/mol. The van der Waals surface area contributed by atoms with Crippen LogP contribution in [-0.2, 0) is 10.4 Å². The lowest BCUT2D eigenvalue weighted by Crippen LogP contribution is -2.57. The van der Waals surface area contributed by atoms with Crippen LogP contribution < -0.4 is 16.0 Å². The fraction of sp³-hybridized carbons (Fsp3) is 0.211. The number of nitrogens with one attached hydrogen (secondary N) is 3. The molecule has 1 aromatic heterocycles. The third-order valence-electron chi connectivity index (χ3n) is 4.47. The first-order valence-corrected chi connectivity index (χ1v) is 9.70. The van der Waals surface area contributed by atoms with Crippen molar-refractivity contribution in [3.8, 4) is 0 Å². The highest BCUT2D eigenvalue weighted by Crippen LogP contribution is 2.43. The van der Waals surface area contributed by atoms with Gasteiger partial charge in [0.1, 0.15) is 5.82 Å². The van der Waals surface area contributed by atoms with Crippen molar-refractivity contribution in [3.05, 3.63) is 53.8 Å². The van der Waals surface area contributed by atoms with Gasteiger partial charge >= 0.3 is 12.2 Å². The molecule has 0 aliphatic heterocycles. The van der Waals surface area contributed by atoms with Crippen LogP contribution in [0.25, 0.3) is 10.2 Å². The molecule has 3 amide bonds. The third-order valence-corrected chi connectivity index (χ3v) is 5.41. The monoisotopic (exact) mass is 472 g/mol. The number of carbonyl (C=O) groups is 2. The predicted molar refractivity (Wildman–Crippen MR) is 109 cm³/mol. The van der Waals surface area contributed by atoms with Crippen LogP contribution in [0.15, 0.2) is 42.5 Å². The molecule has 3 rings (SSSR count). The second kappa shape index (κ2) is 8.68. The lowest BCUT2D eigenvalue weighted by atomic mass is 9.86. The van der Waals surface area contributed by atoms with Gasteiger partial charge in [0.2, 0.25) is 5.60 Å². The second-order valence-electron chi connectivity index (χ2n) is 6.57. The van der Waals surface area contributed by atoms with Crippen LogP contribution in [0, 0.1) is 5.82 Å². The number of aliphatic hydroxyl groups is 2. The second-order valence-corrected chi connectivity index (χ2v) is 7.60. The van der Waals surface area contributed by atoms with E-state index in [1.807, 2.05) is 5.32 Å². The van der Waals surface area contributed by atoms with E-state index in [0.717, 1.165) is 48.7 Å². The Morgan fingerprint density at radius 2 is 1.75 bits per heavy atom. The summed E-state index contributed by atoms with van der Waals surface area (Å²) in [4.78, 5) is 27.8. The highest BCUT2D eigenvalue weighted by atomic mass is 32.1. The van der Waals surface area contributed by atoms with Gasteiger partial charge in [-0.2, -0.15) is 13.2 Å². The Hall–Kier alpha value is -3.29. The molecule has 0 bridgehead atoms. The first-order chi connectivity index (χ1) is 15.0. The van der Waals surface area contributed by atoms with Crippen molar-refractivity contribution in [2.75, 3.05) is 17.7 Å². The summed E-state index contributed by atoms with van der Waals surface area (Å²) in [6.07, 6.45) is -8.20. The fourth-order valence-corrected chi connectivity index (χ4v) is 3.71. The minimum absolute atomic E-state index is 0.0270. The van der Waals surface area contributed by atoms with Crippen molar-refractivity contribution >= 4 is 44.3 Å². The van der Waals surface area contributed by atoms with E-state index in [4.69, 9.17) is 0 Å². The van der Waals surface area contributed by atoms with Crippen LogP contribution in [0.3, 0.4) is 0 Å². The van der Waals surface area contributed by atoms with Gasteiger partial charge in [0.15, 0.2) is 11.2 Å². The molecule has 0 radical (unpaired) electrons. The van der Waals surface area contributed by atoms with Gasteiger partial charge in [0.05, 0.1) is 10.2 Å². The number of alkyl halides is 3. The minimum atomic E-state index is -5.38.